The maximum atomic E-state index is 15.9. The van der Waals surface area contributed by atoms with Crippen LogP contribution < -0.4 is 9.47 Å². The van der Waals surface area contributed by atoms with Gasteiger partial charge in [0.1, 0.15) is 17.5 Å². The Labute approximate surface area is 265 Å². The molecule has 5 aromatic rings. The number of nitriles is 1. The number of benzene rings is 4. The lowest BCUT2D eigenvalue weighted by Crippen LogP contribution is -2.32. The number of hydrogen-bond acceptors (Lipinski definition) is 7. The zero-order chi connectivity index (χ0) is 33.0. The Morgan fingerprint density at radius 2 is 1.85 bits per heavy atom. The molecule has 3 heterocycles. The number of para-hydroxylation sites is 1. The van der Waals surface area contributed by atoms with Crippen molar-refractivity contribution >= 4 is 17.0 Å². The molecular weight excluding hydrogens is 618 g/mol. The molecule has 7 rings (SSSR count). The molecule has 0 radical (unpaired) electrons. The van der Waals surface area contributed by atoms with Crippen molar-refractivity contribution in [2.24, 2.45) is 0 Å². The molecular formula is C35H25F4N3O5. The minimum absolute atomic E-state index is 0.00756. The van der Waals surface area contributed by atoms with Gasteiger partial charge in [0.15, 0.2) is 23.1 Å². The third-order valence-corrected chi connectivity index (χ3v) is 8.47. The second-order valence-corrected chi connectivity index (χ2v) is 11.4. The van der Waals surface area contributed by atoms with Crippen molar-refractivity contribution in [3.8, 4) is 28.7 Å². The minimum Gasteiger partial charge on any atom is -0.465 e. The number of carbonyl (C=O) groups is 1. The molecule has 0 saturated carbocycles. The summed E-state index contributed by atoms with van der Waals surface area (Å²) in [5.41, 5.74) is 0.380. The van der Waals surface area contributed by atoms with Gasteiger partial charge in [0, 0.05) is 36.6 Å². The van der Waals surface area contributed by atoms with Gasteiger partial charge < -0.3 is 23.5 Å². The van der Waals surface area contributed by atoms with Crippen LogP contribution in [0, 0.1) is 34.6 Å². The highest BCUT2D eigenvalue weighted by atomic mass is 19.2. The molecule has 8 nitrogen and oxygen atoms in total. The zero-order valence-corrected chi connectivity index (χ0v) is 25.1. The van der Waals surface area contributed by atoms with Crippen LogP contribution in [0.3, 0.4) is 0 Å². The van der Waals surface area contributed by atoms with E-state index < -0.39 is 52.6 Å². The fourth-order valence-electron chi connectivity index (χ4n) is 5.94. The maximum absolute atomic E-state index is 15.9. The Morgan fingerprint density at radius 1 is 1.04 bits per heavy atom. The van der Waals surface area contributed by atoms with Gasteiger partial charge >= 0.3 is 5.97 Å². The summed E-state index contributed by atoms with van der Waals surface area (Å²) in [7, 11) is 1.26. The summed E-state index contributed by atoms with van der Waals surface area (Å²) in [5.74, 6) is -6.46. The van der Waals surface area contributed by atoms with Gasteiger partial charge in [-0.2, -0.15) is 5.26 Å². The van der Waals surface area contributed by atoms with E-state index in [1.54, 1.807) is 16.7 Å². The highest BCUT2D eigenvalue weighted by Gasteiger charge is 2.42. The summed E-state index contributed by atoms with van der Waals surface area (Å²) in [4.78, 5) is 16.7. The van der Waals surface area contributed by atoms with Crippen LogP contribution in [0.2, 0.25) is 0 Å². The van der Waals surface area contributed by atoms with Crippen LogP contribution in [-0.4, -0.2) is 35.3 Å². The zero-order valence-electron chi connectivity index (χ0n) is 25.1. The lowest BCUT2D eigenvalue weighted by atomic mass is 9.99. The van der Waals surface area contributed by atoms with Crippen molar-refractivity contribution in [3.05, 3.63) is 112 Å². The molecule has 12 heteroatoms. The molecule has 2 atom stereocenters. The van der Waals surface area contributed by atoms with Gasteiger partial charge in [0.2, 0.25) is 0 Å². The summed E-state index contributed by atoms with van der Waals surface area (Å²) in [5, 5.41) is 9.09. The van der Waals surface area contributed by atoms with Crippen molar-refractivity contribution in [2.45, 2.75) is 38.2 Å². The van der Waals surface area contributed by atoms with Gasteiger partial charge in [-0.1, -0.05) is 12.1 Å². The largest absolute Gasteiger partial charge is 0.465 e. The summed E-state index contributed by atoms with van der Waals surface area (Å²) >= 11 is 0. The first kappa shape index (κ1) is 30.3. The summed E-state index contributed by atoms with van der Waals surface area (Å²) in [6.07, 6.45) is 0.214. The van der Waals surface area contributed by atoms with Crippen LogP contribution in [0.4, 0.5) is 17.6 Å². The highest BCUT2D eigenvalue weighted by molar-refractivity contribution is 5.93. The van der Waals surface area contributed by atoms with Gasteiger partial charge in [-0.15, -0.1) is 0 Å². The quantitative estimate of drug-likeness (QED) is 0.108. The average molecular weight is 644 g/mol. The lowest BCUT2D eigenvalue weighted by molar-refractivity contribution is -0.0705. The molecule has 0 N–H and O–H groups in total. The Bertz CT molecular complexity index is 2140. The molecule has 1 fully saturated rings. The molecule has 1 unspecified atom stereocenters. The summed E-state index contributed by atoms with van der Waals surface area (Å²) < 4.78 is 86.5. The van der Waals surface area contributed by atoms with Crippen LogP contribution in [0.5, 0.6) is 11.5 Å². The number of rotatable bonds is 7. The predicted molar refractivity (Wildman–Crippen MR) is 160 cm³/mol. The fourth-order valence-corrected chi connectivity index (χ4v) is 5.94. The van der Waals surface area contributed by atoms with E-state index in [-0.39, 0.29) is 45.7 Å². The maximum Gasteiger partial charge on any atom is 0.337 e. The van der Waals surface area contributed by atoms with Crippen LogP contribution >= 0.6 is 0 Å². The number of halogens is 4. The van der Waals surface area contributed by atoms with E-state index in [2.05, 4.69) is 4.98 Å². The van der Waals surface area contributed by atoms with E-state index in [4.69, 9.17) is 24.2 Å². The third-order valence-electron chi connectivity index (χ3n) is 8.47. The van der Waals surface area contributed by atoms with Crippen molar-refractivity contribution in [1.82, 2.24) is 9.55 Å². The molecule has 1 saturated heterocycles. The first-order valence-corrected chi connectivity index (χ1v) is 14.7. The topological polar surface area (TPSA) is 95.6 Å². The van der Waals surface area contributed by atoms with E-state index in [0.29, 0.717) is 24.2 Å². The Kier molecular flexibility index (Phi) is 7.36. The Morgan fingerprint density at radius 3 is 2.55 bits per heavy atom. The van der Waals surface area contributed by atoms with Gasteiger partial charge in [-0.25, -0.2) is 27.3 Å². The predicted octanol–water partition coefficient (Wildman–Crippen LogP) is 6.94. The molecule has 47 heavy (non-hydrogen) atoms. The number of hydrogen-bond donors (Lipinski definition) is 0. The van der Waals surface area contributed by atoms with Crippen LogP contribution in [0.15, 0.2) is 60.7 Å². The van der Waals surface area contributed by atoms with Crippen molar-refractivity contribution in [3.63, 3.8) is 0 Å². The Hall–Kier alpha value is -5.41. The van der Waals surface area contributed by atoms with Crippen LogP contribution in [0.25, 0.3) is 22.2 Å². The molecule has 4 aromatic carbocycles. The van der Waals surface area contributed by atoms with Crippen molar-refractivity contribution in [2.75, 3.05) is 13.7 Å². The standard InChI is InChI=1S/C35H25F4N3O5/c1-35(24-8-6-18(16-40)12-26(24)37)46-29-5-3-4-21(33(29)47-35)22-14-25(36)23(32(39)31(22)38)15-30-41-27-9-7-19(34(43)44-2)13-28(27)42(30)17-20-10-11-45-20/h3-9,12-14,20H,10-11,15,17H2,1-2H3/t20-,35?/m0/s1. The fraction of sp³-hybridized carbons (Fsp3) is 0.229. The molecule has 0 bridgehead atoms. The molecule has 0 spiro atoms. The third kappa shape index (κ3) is 5.13. The number of ether oxygens (including phenoxy) is 4. The molecule has 238 valence electrons. The van der Waals surface area contributed by atoms with Gasteiger partial charge in [0.25, 0.3) is 5.79 Å². The molecule has 1 aromatic heterocycles. The number of fused-ring (bicyclic) bond motifs is 2. The average Bonchev–Trinajstić information content (AvgIpc) is 3.58. The van der Waals surface area contributed by atoms with Gasteiger partial charge in [-0.05, 0) is 55.0 Å². The smallest absolute Gasteiger partial charge is 0.337 e. The number of esters is 1. The monoisotopic (exact) mass is 643 g/mol. The van der Waals surface area contributed by atoms with E-state index in [0.717, 1.165) is 18.6 Å². The van der Waals surface area contributed by atoms with Crippen LogP contribution in [0.1, 0.15) is 46.2 Å². The van der Waals surface area contributed by atoms with Crippen LogP contribution in [-0.2, 0) is 28.2 Å². The van der Waals surface area contributed by atoms with E-state index in [9.17, 15) is 9.18 Å². The first-order chi connectivity index (χ1) is 22.6. The number of imidazole rings is 1. The number of aromatic nitrogens is 2. The molecule has 0 aliphatic carbocycles. The number of methoxy groups -OCH3 is 1. The SMILES string of the molecule is COC(=O)c1ccc2nc(Cc3c(F)cc(-c4cccc5c4OC(C)(c4ccc(C#N)cc4F)O5)c(F)c3F)n(C[C@@H]3CCO3)c2c1. The summed E-state index contributed by atoms with van der Waals surface area (Å²) in [6.45, 7) is 2.33. The second-order valence-electron chi connectivity index (χ2n) is 11.4. The summed E-state index contributed by atoms with van der Waals surface area (Å²) in [6, 6.07) is 15.6. The Balaban J connectivity index is 1.26. The minimum atomic E-state index is -1.71. The normalized spacial score (nSPS) is 18.2. The van der Waals surface area contributed by atoms with Crippen molar-refractivity contribution in [1.29, 1.82) is 5.26 Å². The number of carbonyl (C=O) groups excluding carboxylic acids is 1. The number of nitrogens with zero attached hydrogens (tertiary/aromatic N) is 3. The van der Waals surface area contributed by atoms with E-state index >= 15 is 13.2 Å². The second kappa shape index (κ2) is 11.4. The van der Waals surface area contributed by atoms with Crippen molar-refractivity contribution < 1.29 is 41.3 Å². The van der Waals surface area contributed by atoms with E-state index in [1.165, 1.54) is 50.4 Å². The highest BCUT2D eigenvalue weighted by Crippen LogP contribution is 2.50. The van der Waals surface area contributed by atoms with Gasteiger partial charge in [0.05, 0.1) is 53.6 Å². The van der Waals surface area contributed by atoms with E-state index in [1.807, 2.05) is 6.07 Å². The lowest BCUT2D eigenvalue weighted by Gasteiger charge is -2.27. The molecule has 0 amide bonds. The first-order valence-electron chi connectivity index (χ1n) is 14.7. The molecule has 2 aliphatic rings. The van der Waals surface area contributed by atoms with Gasteiger partial charge in [-0.3, -0.25) is 0 Å². The molecule has 2 aliphatic heterocycles.